The lowest BCUT2D eigenvalue weighted by atomic mass is 9.95. The quantitative estimate of drug-likeness (QED) is 0.816. The van der Waals surface area contributed by atoms with Crippen molar-refractivity contribution in [2.24, 2.45) is 5.92 Å². The fourth-order valence-corrected chi connectivity index (χ4v) is 4.50. The molecule has 1 aromatic carbocycles. The molecule has 6 heteroatoms. The second kappa shape index (κ2) is 8.24. The number of hydrogen-bond donors (Lipinski definition) is 1. The first-order valence-electron chi connectivity index (χ1n) is 7.76. The SMILES string of the molecule is CSCc1cnc(CNC[C@@H]2CCO[C@H]2c2ccc(F)cc2)s1. The number of rotatable bonds is 7. The van der Waals surface area contributed by atoms with Crippen LogP contribution in [-0.4, -0.2) is 24.4 Å². The van der Waals surface area contributed by atoms with Gasteiger partial charge in [-0.05, 0) is 30.4 Å². The summed E-state index contributed by atoms with van der Waals surface area (Å²) >= 11 is 3.59. The Hall–Kier alpha value is -0.950. The molecule has 0 saturated carbocycles. The molecule has 2 heterocycles. The van der Waals surface area contributed by atoms with E-state index in [1.807, 2.05) is 30.1 Å². The molecule has 1 saturated heterocycles. The zero-order chi connectivity index (χ0) is 16.1. The normalized spacial score (nSPS) is 21.0. The van der Waals surface area contributed by atoms with Gasteiger partial charge in [-0.1, -0.05) is 12.1 Å². The molecule has 1 aliphatic rings. The van der Waals surface area contributed by atoms with Gasteiger partial charge in [0.2, 0.25) is 0 Å². The van der Waals surface area contributed by atoms with Crippen molar-refractivity contribution in [3.05, 3.63) is 51.7 Å². The third-order valence-corrected chi connectivity index (χ3v) is 5.76. The minimum Gasteiger partial charge on any atom is -0.373 e. The fourth-order valence-electron chi connectivity index (χ4n) is 2.87. The summed E-state index contributed by atoms with van der Waals surface area (Å²) < 4.78 is 18.9. The Balaban J connectivity index is 1.51. The third kappa shape index (κ3) is 4.53. The molecular formula is C17H21FN2OS2. The van der Waals surface area contributed by atoms with Crippen molar-refractivity contribution in [2.45, 2.75) is 24.8 Å². The third-order valence-electron chi connectivity index (χ3n) is 3.98. The molecule has 1 aromatic heterocycles. The highest BCUT2D eigenvalue weighted by Crippen LogP contribution is 2.34. The van der Waals surface area contributed by atoms with Gasteiger partial charge in [0.25, 0.3) is 0 Å². The summed E-state index contributed by atoms with van der Waals surface area (Å²) in [6.45, 7) is 2.45. The molecule has 1 N–H and O–H groups in total. The van der Waals surface area contributed by atoms with E-state index >= 15 is 0 Å². The zero-order valence-electron chi connectivity index (χ0n) is 13.1. The molecule has 23 heavy (non-hydrogen) atoms. The second-order valence-corrected chi connectivity index (χ2v) is 7.74. The summed E-state index contributed by atoms with van der Waals surface area (Å²) in [5, 5.41) is 4.63. The van der Waals surface area contributed by atoms with Crippen LogP contribution in [0.2, 0.25) is 0 Å². The van der Waals surface area contributed by atoms with Crippen molar-refractivity contribution in [3.63, 3.8) is 0 Å². The Bertz CT molecular complexity index is 617. The van der Waals surface area contributed by atoms with Crippen LogP contribution in [0.4, 0.5) is 4.39 Å². The molecule has 1 fully saturated rings. The van der Waals surface area contributed by atoms with Gasteiger partial charge < -0.3 is 10.1 Å². The van der Waals surface area contributed by atoms with Gasteiger partial charge in [0, 0.05) is 42.4 Å². The molecule has 0 bridgehead atoms. The van der Waals surface area contributed by atoms with Crippen LogP contribution in [0.15, 0.2) is 30.5 Å². The molecule has 2 aromatic rings. The van der Waals surface area contributed by atoms with Crippen LogP contribution < -0.4 is 5.32 Å². The predicted molar refractivity (Wildman–Crippen MR) is 94.2 cm³/mol. The van der Waals surface area contributed by atoms with Crippen molar-refractivity contribution in [3.8, 4) is 0 Å². The largest absolute Gasteiger partial charge is 0.373 e. The van der Waals surface area contributed by atoms with Crippen LogP contribution in [-0.2, 0) is 17.0 Å². The van der Waals surface area contributed by atoms with Crippen LogP contribution in [0.5, 0.6) is 0 Å². The number of aromatic nitrogens is 1. The van der Waals surface area contributed by atoms with Gasteiger partial charge in [0.1, 0.15) is 10.8 Å². The average molecular weight is 352 g/mol. The zero-order valence-corrected chi connectivity index (χ0v) is 14.8. The summed E-state index contributed by atoms with van der Waals surface area (Å²) in [5.74, 6) is 1.25. The summed E-state index contributed by atoms with van der Waals surface area (Å²) in [6, 6.07) is 6.66. The van der Waals surface area contributed by atoms with Gasteiger partial charge in [-0.25, -0.2) is 9.37 Å². The number of thioether (sulfide) groups is 1. The van der Waals surface area contributed by atoms with E-state index < -0.39 is 0 Å². The first kappa shape index (κ1) is 16.9. The lowest BCUT2D eigenvalue weighted by molar-refractivity contribution is 0.0904. The molecule has 0 unspecified atom stereocenters. The average Bonchev–Trinajstić information content (AvgIpc) is 3.18. The molecule has 124 valence electrons. The highest BCUT2D eigenvalue weighted by molar-refractivity contribution is 7.97. The molecule has 3 rings (SSSR count). The number of thiazole rings is 1. The first-order chi connectivity index (χ1) is 11.3. The number of hydrogen-bond acceptors (Lipinski definition) is 5. The number of nitrogens with one attached hydrogen (secondary N) is 1. The van der Waals surface area contributed by atoms with E-state index in [0.717, 1.165) is 42.4 Å². The van der Waals surface area contributed by atoms with E-state index in [9.17, 15) is 4.39 Å². The van der Waals surface area contributed by atoms with E-state index in [-0.39, 0.29) is 11.9 Å². The van der Waals surface area contributed by atoms with Crippen molar-refractivity contribution in [1.29, 1.82) is 0 Å². The Morgan fingerprint density at radius 2 is 2.22 bits per heavy atom. The number of benzene rings is 1. The van der Waals surface area contributed by atoms with E-state index in [1.54, 1.807) is 11.3 Å². The summed E-state index contributed by atoms with van der Waals surface area (Å²) in [7, 11) is 0. The molecular weight excluding hydrogens is 331 g/mol. The minimum absolute atomic E-state index is 0.0615. The Morgan fingerprint density at radius 1 is 1.39 bits per heavy atom. The highest BCUT2D eigenvalue weighted by Gasteiger charge is 2.29. The molecule has 0 radical (unpaired) electrons. The molecule has 0 spiro atoms. The lowest BCUT2D eigenvalue weighted by Crippen LogP contribution is -2.24. The van der Waals surface area contributed by atoms with Crippen LogP contribution in [0.25, 0.3) is 0 Å². The van der Waals surface area contributed by atoms with Gasteiger partial charge >= 0.3 is 0 Å². The predicted octanol–water partition coefficient (Wildman–Crippen LogP) is 4.01. The number of ether oxygens (including phenoxy) is 1. The van der Waals surface area contributed by atoms with E-state index in [4.69, 9.17) is 4.74 Å². The van der Waals surface area contributed by atoms with Crippen LogP contribution in [0, 0.1) is 11.7 Å². The molecule has 1 aliphatic heterocycles. The molecule has 0 aliphatic carbocycles. The van der Waals surface area contributed by atoms with Crippen LogP contribution in [0.1, 0.15) is 28.0 Å². The van der Waals surface area contributed by atoms with E-state index in [1.165, 1.54) is 17.0 Å². The maximum Gasteiger partial charge on any atom is 0.123 e. The maximum atomic E-state index is 13.1. The van der Waals surface area contributed by atoms with Crippen molar-refractivity contribution >= 4 is 23.1 Å². The standard InChI is InChI=1S/C17H21FN2OS2/c1-22-11-15-9-20-16(23-15)10-19-8-13-6-7-21-17(13)12-2-4-14(18)5-3-12/h2-5,9,13,17,19H,6-8,10-11H2,1H3/t13-,17-/m0/s1. The Labute approximate surface area is 144 Å². The van der Waals surface area contributed by atoms with Gasteiger partial charge in [0.15, 0.2) is 0 Å². The second-order valence-electron chi connectivity index (χ2n) is 5.68. The lowest BCUT2D eigenvalue weighted by Gasteiger charge is -2.19. The minimum atomic E-state index is -0.203. The molecule has 0 amide bonds. The summed E-state index contributed by atoms with van der Waals surface area (Å²) in [6.07, 6.45) is 5.17. The summed E-state index contributed by atoms with van der Waals surface area (Å²) in [4.78, 5) is 5.78. The Kier molecular flexibility index (Phi) is 6.05. The summed E-state index contributed by atoms with van der Waals surface area (Å²) in [5.41, 5.74) is 1.06. The number of halogens is 1. The van der Waals surface area contributed by atoms with Gasteiger partial charge in [-0.2, -0.15) is 11.8 Å². The Morgan fingerprint density at radius 3 is 3.00 bits per heavy atom. The van der Waals surface area contributed by atoms with Gasteiger partial charge in [0.05, 0.1) is 6.10 Å². The van der Waals surface area contributed by atoms with Crippen LogP contribution in [0.3, 0.4) is 0 Å². The van der Waals surface area contributed by atoms with E-state index in [0.29, 0.717) is 5.92 Å². The maximum absolute atomic E-state index is 13.1. The smallest absolute Gasteiger partial charge is 0.123 e. The number of nitrogens with zero attached hydrogens (tertiary/aromatic N) is 1. The topological polar surface area (TPSA) is 34.2 Å². The van der Waals surface area contributed by atoms with Gasteiger partial charge in [-0.15, -0.1) is 11.3 Å². The van der Waals surface area contributed by atoms with Gasteiger partial charge in [-0.3, -0.25) is 0 Å². The molecule has 2 atom stereocenters. The molecule has 3 nitrogen and oxygen atoms in total. The van der Waals surface area contributed by atoms with Crippen molar-refractivity contribution in [1.82, 2.24) is 10.3 Å². The van der Waals surface area contributed by atoms with Crippen molar-refractivity contribution in [2.75, 3.05) is 19.4 Å². The first-order valence-corrected chi connectivity index (χ1v) is 9.97. The van der Waals surface area contributed by atoms with Crippen molar-refractivity contribution < 1.29 is 9.13 Å². The fraction of sp³-hybridized carbons (Fsp3) is 0.471. The van der Waals surface area contributed by atoms with Crippen LogP contribution >= 0.6 is 23.1 Å². The highest BCUT2D eigenvalue weighted by atomic mass is 32.2. The van der Waals surface area contributed by atoms with E-state index in [2.05, 4.69) is 16.6 Å². The monoisotopic (exact) mass is 352 g/mol.